The Kier molecular flexibility index (Phi) is 10.6. The van der Waals surface area contributed by atoms with E-state index < -0.39 is 11.6 Å². The zero-order valence-electron chi connectivity index (χ0n) is 14.4. The smallest absolute Gasteiger partial charge is 0.242 e. The van der Waals surface area contributed by atoms with Crippen LogP contribution in [0, 0.1) is 11.6 Å². The highest BCUT2D eigenvalue weighted by Crippen LogP contribution is 2.24. The van der Waals surface area contributed by atoms with Crippen LogP contribution in [-0.2, 0) is 9.59 Å². The number of carbonyl (C=O) groups is 2. The van der Waals surface area contributed by atoms with E-state index in [-0.39, 0.29) is 55.8 Å². The molecule has 0 bridgehead atoms. The van der Waals surface area contributed by atoms with Crippen molar-refractivity contribution < 1.29 is 18.4 Å². The summed E-state index contributed by atoms with van der Waals surface area (Å²) in [6, 6.07) is 3.37. The first-order chi connectivity index (χ1) is 11.4. The molecule has 1 aliphatic rings. The number of nitrogens with zero attached hydrogens (tertiary/aromatic N) is 2. The Hall–Kier alpha value is -1.48. The number of halogens is 4. The predicted molar refractivity (Wildman–Crippen MR) is 99.5 cm³/mol. The number of hydrogen-bond acceptors (Lipinski definition) is 4. The zero-order valence-corrected chi connectivity index (χ0v) is 16.0. The topological polar surface area (TPSA) is 78.7 Å². The summed E-state index contributed by atoms with van der Waals surface area (Å²) in [4.78, 5) is 26.8. The van der Waals surface area contributed by atoms with Gasteiger partial charge in [-0.1, -0.05) is 6.07 Å². The van der Waals surface area contributed by atoms with Crippen LogP contribution < -0.4 is 11.1 Å². The van der Waals surface area contributed by atoms with Crippen LogP contribution in [0.1, 0.15) is 18.5 Å². The molecule has 2 amide bonds. The molecule has 0 saturated carbocycles. The minimum Gasteiger partial charge on any atom is -0.346 e. The normalized spacial score (nSPS) is 15.5. The Bertz CT molecular complexity index is 614. The van der Waals surface area contributed by atoms with Crippen LogP contribution in [-0.4, -0.2) is 60.9 Å². The summed E-state index contributed by atoms with van der Waals surface area (Å²) in [5, 5.41) is 2.45. The van der Waals surface area contributed by atoms with Gasteiger partial charge in [-0.25, -0.2) is 8.78 Å². The quantitative estimate of drug-likeness (QED) is 0.758. The second-order valence-corrected chi connectivity index (χ2v) is 5.74. The van der Waals surface area contributed by atoms with E-state index in [2.05, 4.69) is 5.32 Å². The van der Waals surface area contributed by atoms with Crippen LogP contribution >= 0.6 is 24.8 Å². The number of benzene rings is 1. The van der Waals surface area contributed by atoms with Crippen molar-refractivity contribution in [2.45, 2.75) is 13.0 Å². The molecule has 1 aliphatic heterocycles. The van der Waals surface area contributed by atoms with Gasteiger partial charge >= 0.3 is 0 Å². The molecular weight excluding hydrogens is 389 g/mol. The SMILES string of the molecule is CC(c1ccc(F)cc1F)N1CCN(C(=O)CNC(=O)CN)CC1.Cl.Cl. The van der Waals surface area contributed by atoms with Crippen LogP contribution in [0.2, 0.25) is 0 Å². The molecule has 0 radical (unpaired) electrons. The molecule has 2 rings (SSSR count). The number of amides is 2. The molecule has 1 saturated heterocycles. The summed E-state index contributed by atoms with van der Waals surface area (Å²) in [5.74, 6) is -1.71. The van der Waals surface area contributed by atoms with Crippen LogP contribution in [0.3, 0.4) is 0 Å². The van der Waals surface area contributed by atoms with Gasteiger partial charge in [-0.05, 0) is 13.0 Å². The summed E-state index contributed by atoms with van der Waals surface area (Å²) >= 11 is 0. The fourth-order valence-corrected chi connectivity index (χ4v) is 2.75. The first-order valence-electron chi connectivity index (χ1n) is 7.86. The van der Waals surface area contributed by atoms with Crippen molar-refractivity contribution in [1.82, 2.24) is 15.1 Å². The highest BCUT2D eigenvalue weighted by molar-refractivity contribution is 5.86. The number of hydrogen-bond donors (Lipinski definition) is 2. The van der Waals surface area contributed by atoms with E-state index in [4.69, 9.17) is 5.73 Å². The molecule has 26 heavy (non-hydrogen) atoms. The van der Waals surface area contributed by atoms with Crippen LogP contribution in [0.15, 0.2) is 18.2 Å². The fourth-order valence-electron chi connectivity index (χ4n) is 2.75. The highest BCUT2D eigenvalue weighted by atomic mass is 35.5. The molecule has 148 valence electrons. The van der Waals surface area contributed by atoms with Crippen molar-refractivity contribution in [1.29, 1.82) is 0 Å². The van der Waals surface area contributed by atoms with E-state index in [9.17, 15) is 18.4 Å². The molecule has 0 spiro atoms. The van der Waals surface area contributed by atoms with E-state index in [0.717, 1.165) is 6.07 Å². The predicted octanol–water partition coefficient (Wildman–Crippen LogP) is 1.09. The molecule has 1 heterocycles. The Morgan fingerprint density at radius 2 is 1.81 bits per heavy atom. The van der Waals surface area contributed by atoms with E-state index in [0.29, 0.717) is 31.7 Å². The molecule has 0 aromatic heterocycles. The third-order valence-electron chi connectivity index (χ3n) is 4.25. The minimum absolute atomic E-state index is 0. The lowest BCUT2D eigenvalue weighted by Crippen LogP contribution is -2.51. The monoisotopic (exact) mass is 412 g/mol. The van der Waals surface area contributed by atoms with Gasteiger partial charge in [0.1, 0.15) is 11.6 Å². The lowest BCUT2D eigenvalue weighted by molar-refractivity contribution is -0.134. The molecule has 1 atom stereocenters. The fraction of sp³-hybridized carbons (Fsp3) is 0.500. The van der Waals surface area contributed by atoms with Crippen molar-refractivity contribution in [2.75, 3.05) is 39.3 Å². The zero-order chi connectivity index (χ0) is 17.7. The molecule has 1 fully saturated rings. The number of carbonyl (C=O) groups excluding carboxylic acids is 2. The third kappa shape index (κ3) is 6.35. The van der Waals surface area contributed by atoms with E-state index >= 15 is 0 Å². The molecular formula is C16H24Cl2F2N4O2. The largest absolute Gasteiger partial charge is 0.346 e. The molecule has 1 aromatic rings. The summed E-state index contributed by atoms with van der Waals surface area (Å²) in [7, 11) is 0. The number of nitrogens with one attached hydrogen (secondary N) is 1. The van der Waals surface area contributed by atoms with Crippen molar-refractivity contribution in [3.05, 3.63) is 35.4 Å². The summed E-state index contributed by atoms with van der Waals surface area (Å²) in [6.07, 6.45) is 0. The van der Waals surface area contributed by atoms with E-state index in [1.165, 1.54) is 12.1 Å². The van der Waals surface area contributed by atoms with Crippen molar-refractivity contribution in [3.8, 4) is 0 Å². The average molecular weight is 413 g/mol. The molecule has 1 aromatic carbocycles. The van der Waals surface area contributed by atoms with Crippen LogP contribution in [0.5, 0.6) is 0 Å². The van der Waals surface area contributed by atoms with Gasteiger partial charge in [-0.3, -0.25) is 14.5 Å². The molecule has 3 N–H and O–H groups in total. The maximum atomic E-state index is 13.9. The maximum Gasteiger partial charge on any atom is 0.242 e. The highest BCUT2D eigenvalue weighted by Gasteiger charge is 2.26. The molecule has 6 nitrogen and oxygen atoms in total. The number of rotatable bonds is 5. The van der Waals surface area contributed by atoms with E-state index in [1.54, 1.807) is 4.90 Å². The Balaban J connectivity index is 0.00000312. The Morgan fingerprint density at radius 1 is 1.19 bits per heavy atom. The molecule has 1 unspecified atom stereocenters. The minimum atomic E-state index is -0.599. The molecule has 10 heteroatoms. The number of piperazine rings is 1. The lowest BCUT2D eigenvalue weighted by atomic mass is 10.1. The third-order valence-corrected chi connectivity index (χ3v) is 4.25. The van der Waals surface area contributed by atoms with Gasteiger partial charge in [0.15, 0.2) is 0 Å². The second kappa shape index (κ2) is 11.3. The maximum absolute atomic E-state index is 13.9. The standard InChI is InChI=1S/C16H22F2N4O2.2ClH/c1-11(13-3-2-12(17)8-14(13)18)21-4-6-22(7-5-21)16(24)10-20-15(23)9-19;;/h2-3,8,11H,4-7,9-10,19H2,1H3,(H,20,23);2*1H. The summed E-state index contributed by atoms with van der Waals surface area (Å²) in [6.45, 7) is 3.77. The van der Waals surface area contributed by atoms with Crippen LogP contribution in [0.25, 0.3) is 0 Å². The average Bonchev–Trinajstić information content (AvgIpc) is 2.59. The first-order valence-corrected chi connectivity index (χ1v) is 7.86. The second-order valence-electron chi connectivity index (χ2n) is 5.74. The Labute approximate surface area is 163 Å². The van der Waals surface area contributed by atoms with Gasteiger partial charge in [0.25, 0.3) is 0 Å². The summed E-state index contributed by atoms with van der Waals surface area (Å²) in [5.41, 5.74) is 5.60. The van der Waals surface area contributed by atoms with Gasteiger partial charge in [-0.2, -0.15) is 0 Å². The van der Waals surface area contributed by atoms with Gasteiger partial charge in [-0.15, -0.1) is 24.8 Å². The van der Waals surface area contributed by atoms with Gasteiger partial charge < -0.3 is 16.0 Å². The van der Waals surface area contributed by atoms with Crippen LogP contribution in [0.4, 0.5) is 8.78 Å². The van der Waals surface area contributed by atoms with Crippen molar-refractivity contribution in [2.24, 2.45) is 5.73 Å². The summed E-state index contributed by atoms with van der Waals surface area (Å²) < 4.78 is 26.9. The van der Waals surface area contributed by atoms with Crippen molar-refractivity contribution in [3.63, 3.8) is 0 Å². The van der Waals surface area contributed by atoms with Gasteiger partial charge in [0.05, 0.1) is 13.1 Å². The van der Waals surface area contributed by atoms with E-state index in [1.807, 2.05) is 11.8 Å². The lowest BCUT2D eigenvalue weighted by Gasteiger charge is -2.38. The first kappa shape index (κ1) is 24.5. The van der Waals surface area contributed by atoms with Gasteiger partial charge in [0, 0.05) is 43.9 Å². The Morgan fingerprint density at radius 3 is 2.35 bits per heavy atom. The number of nitrogens with two attached hydrogens (primary N) is 1. The molecule has 0 aliphatic carbocycles. The van der Waals surface area contributed by atoms with Gasteiger partial charge in [0.2, 0.25) is 11.8 Å². The van der Waals surface area contributed by atoms with Crippen molar-refractivity contribution >= 4 is 36.6 Å².